The molecule has 2 aromatic heterocycles. The van der Waals surface area contributed by atoms with Crippen molar-refractivity contribution in [2.24, 2.45) is 0 Å². The van der Waals surface area contributed by atoms with E-state index in [0.717, 1.165) is 5.56 Å². The highest BCUT2D eigenvalue weighted by molar-refractivity contribution is 9.10. The molecule has 1 N–H and O–H groups in total. The van der Waals surface area contributed by atoms with Crippen molar-refractivity contribution in [1.82, 2.24) is 19.6 Å². The average Bonchev–Trinajstić information content (AvgIpc) is 3.22. The molecule has 0 bridgehead atoms. The van der Waals surface area contributed by atoms with E-state index in [0.29, 0.717) is 21.9 Å². The summed E-state index contributed by atoms with van der Waals surface area (Å²) in [5.41, 5.74) is 1.02. The predicted molar refractivity (Wildman–Crippen MR) is 103 cm³/mol. The lowest BCUT2D eigenvalue weighted by molar-refractivity contribution is -0.389. The molecular formula is C16H14BrClN6O3. The largest absolute Gasteiger partial charge is 0.389 e. The van der Waals surface area contributed by atoms with Crippen LogP contribution in [-0.2, 0) is 17.9 Å². The van der Waals surface area contributed by atoms with Crippen LogP contribution in [-0.4, -0.2) is 30.4 Å². The van der Waals surface area contributed by atoms with Gasteiger partial charge in [-0.3, -0.25) is 9.48 Å². The summed E-state index contributed by atoms with van der Waals surface area (Å²) in [6, 6.07) is 8.70. The van der Waals surface area contributed by atoms with Crippen molar-refractivity contribution in [2.45, 2.75) is 19.5 Å². The van der Waals surface area contributed by atoms with E-state index in [2.05, 4.69) is 31.4 Å². The van der Waals surface area contributed by atoms with Gasteiger partial charge < -0.3 is 15.4 Å². The maximum absolute atomic E-state index is 12.1. The summed E-state index contributed by atoms with van der Waals surface area (Å²) in [7, 11) is 0. The number of carbonyl (C=O) groups is 1. The Morgan fingerprint density at radius 2 is 1.96 bits per heavy atom. The molecule has 0 spiro atoms. The van der Waals surface area contributed by atoms with E-state index in [4.69, 9.17) is 11.6 Å². The molecule has 1 aromatic carbocycles. The number of anilines is 1. The molecule has 0 aliphatic carbocycles. The smallest absolute Gasteiger partial charge is 0.358 e. The molecule has 2 heterocycles. The standard InChI is InChI=1S/C16H14BrClN6O3/c17-13-10-23(9-11-1-3-12(18)4-2-11)21-16(13)19-15(25)6-8-22-7-5-14(20-22)24(26)27/h1-5,7,10H,6,8-9H2,(H,19,21,25). The first kappa shape index (κ1) is 19.1. The third-order valence-corrected chi connectivity index (χ3v) is 4.45. The first-order valence-corrected chi connectivity index (χ1v) is 9.03. The zero-order valence-corrected chi connectivity index (χ0v) is 16.2. The first-order valence-electron chi connectivity index (χ1n) is 7.86. The number of aryl methyl sites for hydroxylation is 1. The van der Waals surface area contributed by atoms with E-state index < -0.39 is 4.92 Å². The number of nitrogens with one attached hydrogen (secondary N) is 1. The Balaban J connectivity index is 1.56. The van der Waals surface area contributed by atoms with Gasteiger partial charge in [-0.05, 0) is 38.5 Å². The minimum absolute atomic E-state index is 0.106. The van der Waals surface area contributed by atoms with E-state index in [1.807, 2.05) is 12.1 Å². The number of aromatic nitrogens is 4. The number of nitrogens with zero attached hydrogens (tertiary/aromatic N) is 5. The number of hydrogen-bond acceptors (Lipinski definition) is 5. The summed E-state index contributed by atoms with van der Waals surface area (Å²) in [5.74, 6) is -0.120. The van der Waals surface area contributed by atoms with Crippen LogP contribution in [0.15, 0.2) is 47.2 Å². The number of hydrogen-bond donors (Lipinski definition) is 1. The van der Waals surface area contributed by atoms with E-state index in [-0.39, 0.29) is 24.7 Å². The molecule has 0 radical (unpaired) electrons. The van der Waals surface area contributed by atoms with Crippen LogP contribution >= 0.6 is 27.5 Å². The van der Waals surface area contributed by atoms with Crippen molar-refractivity contribution in [3.63, 3.8) is 0 Å². The van der Waals surface area contributed by atoms with Crippen molar-refractivity contribution >= 4 is 45.1 Å². The Morgan fingerprint density at radius 1 is 1.22 bits per heavy atom. The molecule has 0 aliphatic heterocycles. The van der Waals surface area contributed by atoms with Crippen LogP contribution in [0, 0.1) is 10.1 Å². The van der Waals surface area contributed by atoms with E-state index in [9.17, 15) is 14.9 Å². The molecule has 0 aliphatic rings. The van der Waals surface area contributed by atoms with Crippen molar-refractivity contribution < 1.29 is 9.72 Å². The molecule has 11 heteroatoms. The number of halogens is 2. The summed E-state index contributed by atoms with van der Waals surface area (Å²) < 4.78 is 3.70. The van der Waals surface area contributed by atoms with Crippen LogP contribution in [0.5, 0.6) is 0 Å². The van der Waals surface area contributed by atoms with Crippen LogP contribution in [0.3, 0.4) is 0 Å². The third kappa shape index (κ3) is 5.14. The molecule has 0 unspecified atom stereocenters. The third-order valence-electron chi connectivity index (χ3n) is 3.61. The minimum atomic E-state index is -0.582. The zero-order chi connectivity index (χ0) is 19.4. The molecular weight excluding hydrogens is 440 g/mol. The number of benzene rings is 1. The lowest BCUT2D eigenvalue weighted by Gasteiger charge is -2.03. The van der Waals surface area contributed by atoms with Gasteiger partial charge in [-0.2, -0.15) is 9.78 Å². The van der Waals surface area contributed by atoms with Crippen LogP contribution in [0.4, 0.5) is 11.6 Å². The van der Waals surface area contributed by atoms with Crippen molar-refractivity contribution in [3.8, 4) is 0 Å². The fraction of sp³-hybridized carbons (Fsp3) is 0.188. The number of amides is 1. The predicted octanol–water partition coefficient (Wildman–Crippen LogP) is 3.48. The van der Waals surface area contributed by atoms with Gasteiger partial charge in [-0.15, -0.1) is 0 Å². The number of nitro groups is 1. The van der Waals surface area contributed by atoms with Crippen molar-refractivity contribution in [1.29, 1.82) is 0 Å². The quantitative estimate of drug-likeness (QED) is 0.435. The lowest BCUT2D eigenvalue weighted by Crippen LogP contribution is -2.15. The SMILES string of the molecule is O=C(CCn1ccc([N+](=O)[O-])n1)Nc1nn(Cc2ccc(Cl)cc2)cc1Br. The fourth-order valence-corrected chi connectivity index (χ4v) is 2.86. The van der Waals surface area contributed by atoms with Crippen LogP contribution in [0.25, 0.3) is 0 Å². The van der Waals surface area contributed by atoms with Gasteiger partial charge in [0.25, 0.3) is 0 Å². The highest BCUT2D eigenvalue weighted by atomic mass is 79.9. The fourth-order valence-electron chi connectivity index (χ4n) is 2.32. The summed E-state index contributed by atoms with van der Waals surface area (Å²) in [5, 5.41) is 22.1. The summed E-state index contributed by atoms with van der Waals surface area (Å²) >= 11 is 9.25. The van der Waals surface area contributed by atoms with Crippen LogP contribution < -0.4 is 5.32 Å². The maximum Gasteiger partial charge on any atom is 0.389 e. The average molecular weight is 454 g/mol. The normalized spacial score (nSPS) is 10.7. The Kier molecular flexibility index (Phi) is 5.87. The molecule has 0 fully saturated rings. The van der Waals surface area contributed by atoms with Gasteiger partial charge in [0, 0.05) is 17.6 Å². The minimum Gasteiger partial charge on any atom is -0.358 e. The molecule has 27 heavy (non-hydrogen) atoms. The van der Waals surface area contributed by atoms with Gasteiger partial charge in [-0.1, -0.05) is 23.7 Å². The van der Waals surface area contributed by atoms with Gasteiger partial charge in [-0.25, -0.2) is 0 Å². The molecule has 1 amide bonds. The topological polar surface area (TPSA) is 108 Å². The van der Waals surface area contributed by atoms with Gasteiger partial charge in [0.1, 0.15) is 0 Å². The van der Waals surface area contributed by atoms with Crippen molar-refractivity contribution in [2.75, 3.05) is 5.32 Å². The molecule has 0 saturated heterocycles. The maximum atomic E-state index is 12.1. The Morgan fingerprint density at radius 3 is 2.63 bits per heavy atom. The molecule has 0 atom stereocenters. The van der Waals surface area contributed by atoms with E-state index >= 15 is 0 Å². The lowest BCUT2D eigenvalue weighted by atomic mass is 10.2. The molecule has 3 rings (SSSR count). The molecule has 0 saturated carbocycles. The monoisotopic (exact) mass is 452 g/mol. The Labute approximate surface area is 167 Å². The molecule has 9 nitrogen and oxygen atoms in total. The highest BCUT2D eigenvalue weighted by Crippen LogP contribution is 2.21. The number of rotatable bonds is 7. The highest BCUT2D eigenvalue weighted by Gasteiger charge is 2.14. The summed E-state index contributed by atoms with van der Waals surface area (Å²) in [4.78, 5) is 22.1. The van der Waals surface area contributed by atoms with Gasteiger partial charge in [0.05, 0.1) is 34.9 Å². The zero-order valence-electron chi connectivity index (χ0n) is 13.9. The van der Waals surface area contributed by atoms with Crippen molar-refractivity contribution in [3.05, 3.63) is 67.9 Å². The summed E-state index contributed by atoms with van der Waals surface area (Å²) in [6.07, 6.45) is 3.33. The van der Waals surface area contributed by atoms with E-state index in [1.165, 1.54) is 16.9 Å². The number of carbonyl (C=O) groups excluding carboxylic acids is 1. The second-order valence-corrected chi connectivity index (χ2v) is 6.93. The molecule has 3 aromatic rings. The van der Waals surface area contributed by atoms with Gasteiger partial charge in [0.15, 0.2) is 5.82 Å². The Hall–Kier alpha value is -2.72. The Bertz CT molecular complexity index is 969. The van der Waals surface area contributed by atoms with Gasteiger partial charge in [0.2, 0.25) is 5.91 Å². The van der Waals surface area contributed by atoms with E-state index in [1.54, 1.807) is 23.0 Å². The van der Waals surface area contributed by atoms with Crippen LogP contribution in [0.2, 0.25) is 5.02 Å². The second kappa shape index (κ2) is 8.31. The molecule has 140 valence electrons. The van der Waals surface area contributed by atoms with Crippen LogP contribution in [0.1, 0.15) is 12.0 Å². The second-order valence-electron chi connectivity index (χ2n) is 5.64. The summed E-state index contributed by atoms with van der Waals surface area (Å²) in [6.45, 7) is 0.755. The first-order chi connectivity index (χ1) is 12.9. The van der Waals surface area contributed by atoms with Gasteiger partial charge >= 0.3 is 5.82 Å².